The number of ketones is 1. The Labute approximate surface area is 201 Å². The zero-order valence-electron chi connectivity index (χ0n) is 20.6. The van der Waals surface area contributed by atoms with Crippen molar-refractivity contribution >= 4 is 21.7 Å². The predicted molar refractivity (Wildman–Crippen MR) is 128 cm³/mol. The van der Waals surface area contributed by atoms with Gasteiger partial charge in [0.15, 0.2) is 0 Å². The third-order valence-corrected chi connectivity index (χ3v) is 12.2. The average Bonchev–Trinajstić information content (AvgIpc) is 3.06. The molecule has 0 amide bonds. The van der Waals surface area contributed by atoms with Gasteiger partial charge in [0.2, 0.25) is 0 Å². The molecule has 4 fully saturated rings. The number of carbonyl (C=O) groups excluding carboxylic acids is 1. The Morgan fingerprint density at radius 2 is 1.66 bits per heavy atom. The van der Waals surface area contributed by atoms with E-state index in [0.29, 0.717) is 42.3 Å². The number of Topliss-reactive ketones (excluding diaryl/α,β-unsaturated/α-hetero) is 1. The van der Waals surface area contributed by atoms with Crippen LogP contribution in [0.2, 0.25) is 0 Å². The Balaban J connectivity index is 1.48. The fraction of sp³-hybridized carbons (Fsp3) is 0.963. The average molecular weight is 518 g/mol. The van der Waals surface area contributed by atoms with E-state index in [0.717, 1.165) is 25.2 Å². The predicted octanol–water partition coefficient (Wildman–Crippen LogP) is 7.41. The van der Waals surface area contributed by atoms with Crippen LogP contribution in [0, 0.1) is 46.3 Å². The molecule has 32 heavy (non-hydrogen) atoms. The molecule has 0 radical (unpaired) electrons. The number of hydrogen-bond acceptors (Lipinski definition) is 2. The molecule has 1 N–H and O–H groups in total. The molecular weight excluding hydrogens is 474 g/mol. The quantitative estimate of drug-likeness (QED) is 0.386. The van der Waals surface area contributed by atoms with E-state index >= 15 is 0 Å². The van der Waals surface area contributed by atoms with Crippen LogP contribution in [0.4, 0.5) is 8.78 Å². The van der Waals surface area contributed by atoms with E-state index in [-0.39, 0.29) is 28.0 Å². The van der Waals surface area contributed by atoms with Crippen molar-refractivity contribution in [2.45, 2.75) is 115 Å². The third kappa shape index (κ3) is 3.84. The monoisotopic (exact) mass is 516 g/mol. The standard InChI is InChI=1S/C27H43BrF2O2/c1-16(10-15-27(29,30)24(2,3)32)18-8-9-19-17-6-7-21-23(28)22(31)12-14-26(21,5)20(17)11-13-25(18,19)4/h16-21,23,32H,6-15H2,1-5H3/t16-,17+,18-,19+,20+,21-,23-,25-,26-/m1/s1. The summed E-state index contributed by atoms with van der Waals surface area (Å²) < 4.78 is 28.8. The van der Waals surface area contributed by atoms with Crippen molar-refractivity contribution in [3.05, 3.63) is 0 Å². The molecule has 184 valence electrons. The summed E-state index contributed by atoms with van der Waals surface area (Å²) in [7, 11) is 0. The van der Waals surface area contributed by atoms with Crippen LogP contribution in [0.3, 0.4) is 0 Å². The molecule has 4 rings (SSSR count). The first-order valence-corrected chi connectivity index (χ1v) is 13.9. The molecule has 0 unspecified atom stereocenters. The lowest BCUT2D eigenvalue weighted by Gasteiger charge is -2.61. The van der Waals surface area contributed by atoms with E-state index < -0.39 is 11.5 Å². The van der Waals surface area contributed by atoms with Gasteiger partial charge in [-0.1, -0.05) is 36.7 Å². The highest BCUT2D eigenvalue weighted by atomic mass is 79.9. The topological polar surface area (TPSA) is 37.3 Å². The summed E-state index contributed by atoms with van der Waals surface area (Å²) in [5, 5.41) is 9.87. The number of hydrogen-bond donors (Lipinski definition) is 1. The summed E-state index contributed by atoms with van der Waals surface area (Å²) in [5.41, 5.74) is -1.47. The lowest BCUT2D eigenvalue weighted by Crippen LogP contribution is -2.56. The van der Waals surface area contributed by atoms with Gasteiger partial charge in [-0.25, -0.2) is 8.78 Å². The zero-order chi connectivity index (χ0) is 23.7. The van der Waals surface area contributed by atoms with Crippen LogP contribution >= 0.6 is 15.9 Å². The highest BCUT2D eigenvalue weighted by Gasteiger charge is 2.62. The summed E-state index contributed by atoms with van der Waals surface area (Å²) >= 11 is 3.76. The number of aliphatic hydroxyl groups is 1. The maximum atomic E-state index is 14.4. The lowest BCUT2D eigenvalue weighted by atomic mass is 9.44. The second-order valence-electron chi connectivity index (χ2n) is 12.9. The summed E-state index contributed by atoms with van der Waals surface area (Å²) in [6, 6.07) is 0. The molecule has 0 aromatic heterocycles. The maximum absolute atomic E-state index is 14.4. The van der Waals surface area contributed by atoms with Crippen molar-refractivity contribution in [3.63, 3.8) is 0 Å². The number of carbonyl (C=O) groups is 1. The molecule has 4 saturated carbocycles. The van der Waals surface area contributed by atoms with Crippen LogP contribution in [-0.4, -0.2) is 27.2 Å². The number of halogens is 3. The number of alkyl halides is 3. The van der Waals surface area contributed by atoms with Crippen LogP contribution in [-0.2, 0) is 4.79 Å². The third-order valence-electron chi connectivity index (χ3n) is 11.1. The van der Waals surface area contributed by atoms with Gasteiger partial charge in [0, 0.05) is 12.8 Å². The molecule has 0 bridgehead atoms. The van der Waals surface area contributed by atoms with E-state index in [1.165, 1.54) is 39.5 Å². The van der Waals surface area contributed by atoms with Crippen molar-refractivity contribution in [1.29, 1.82) is 0 Å². The highest BCUT2D eigenvalue weighted by molar-refractivity contribution is 9.10. The van der Waals surface area contributed by atoms with Gasteiger partial charge in [-0.3, -0.25) is 4.79 Å². The maximum Gasteiger partial charge on any atom is 0.275 e. The normalized spacial score (nSPS) is 45.7. The molecule has 4 aliphatic rings. The molecule has 4 aliphatic carbocycles. The second-order valence-corrected chi connectivity index (χ2v) is 13.9. The molecule has 2 nitrogen and oxygen atoms in total. The van der Waals surface area contributed by atoms with Gasteiger partial charge in [0.25, 0.3) is 5.92 Å². The van der Waals surface area contributed by atoms with Crippen LogP contribution in [0.15, 0.2) is 0 Å². The molecule has 0 aliphatic heterocycles. The SMILES string of the molecule is C[C@H](CCC(F)(F)C(C)(C)O)[C@H]1CC[C@H]2[C@@H]3CC[C@@H]4[C@@H](Br)C(=O)CC[C@]4(C)[C@H]3CC[C@]12C. The summed E-state index contributed by atoms with van der Waals surface area (Å²) in [5.74, 6) is 0.662. The van der Waals surface area contributed by atoms with Gasteiger partial charge < -0.3 is 5.11 Å². The Kier molecular flexibility index (Phi) is 6.49. The number of fused-ring (bicyclic) bond motifs is 5. The fourth-order valence-electron chi connectivity index (χ4n) is 8.98. The van der Waals surface area contributed by atoms with Crippen LogP contribution in [0.1, 0.15) is 98.8 Å². The Bertz CT molecular complexity index is 734. The summed E-state index contributed by atoms with van der Waals surface area (Å²) in [4.78, 5) is 12.4. The lowest BCUT2D eigenvalue weighted by molar-refractivity contribution is -0.168. The van der Waals surface area contributed by atoms with E-state index in [9.17, 15) is 18.7 Å². The van der Waals surface area contributed by atoms with Gasteiger partial charge in [-0.15, -0.1) is 0 Å². The van der Waals surface area contributed by atoms with Crippen molar-refractivity contribution in [3.8, 4) is 0 Å². The Morgan fingerprint density at radius 1 is 1.03 bits per heavy atom. The minimum Gasteiger partial charge on any atom is -0.384 e. The van der Waals surface area contributed by atoms with Crippen LogP contribution in [0.25, 0.3) is 0 Å². The summed E-state index contributed by atoms with van der Waals surface area (Å²) in [6.07, 6.45) is 9.15. The minimum atomic E-state index is -3.05. The highest BCUT2D eigenvalue weighted by Crippen LogP contribution is 2.68. The Morgan fingerprint density at radius 3 is 2.31 bits per heavy atom. The Hall–Kier alpha value is -0.0300. The van der Waals surface area contributed by atoms with E-state index in [1.54, 1.807) is 0 Å². The fourth-order valence-corrected chi connectivity index (χ4v) is 10.1. The first-order chi connectivity index (χ1) is 14.7. The van der Waals surface area contributed by atoms with Crippen LogP contribution in [0.5, 0.6) is 0 Å². The van der Waals surface area contributed by atoms with Crippen molar-refractivity contribution in [2.24, 2.45) is 46.3 Å². The number of rotatable bonds is 5. The van der Waals surface area contributed by atoms with E-state index in [4.69, 9.17) is 0 Å². The molecule has 5 heteroatoms. The van der Waals surface area contributed by atoms with E-state index in [2.05, 4.69) is 36.7 Å². The van der Waals surface area contributed by atoms with E-state index in [1.807, 2.05) is 0 Å². The molecule has 0 aromatic carbocycles. The van der Waals surface area contributed by atoms with Gasteiger partial charge in [0.1, 0.15) is 11.4 Å². The molecule has 0 saturated heterocycles. The first-order valence-electron chi connectivity index (χ1n) is 13.0. The van der Waals surface area contributed by atoms with Gasteiger partial charge in [-0.05, 0) is 112 Å². The minimum absolute atomic E-state index is 0.0318. The van der Waals surface area contributed by atoms with Gasteiger partial charge in [0.05, 0.1) is 4.83 Å². The molecule has 0 heterocycles. The van der Waals surface area contributed by atoms with Crippen molar-refractivity contribution in [1.82, 2.24) is 0 Å². The molecule has 9 atom stereocenters. The van der Waals surface area contributed by atoms with Crippen molar-refractivity contribution < 1.29 is 18.7 Å². The molecule has 0 aromatic rings. The molecule has 0 spiro atoms. The van der Waals surface area contributed by atoms with Crippen LogP contribution < -0.4 is 0 Å². The molecular formula is C27H43BrF2O2. The second kappa shape index (κ2) is 8.28. The first kappa shape index (κ1) is 25.1. The van der Waals surface area contributed by atoms with Gasteiger partial charge >= 0.3 is 0 Å². The summed E-state index contributed by atoms with van der Waals surface area (Å²) in [6.45, 7) is 9.54. The van der Waals surface area contributed by atoms with Crippen molar-refractivity contribution in [2.75, 3.05) is 0 Å². The largest absolute Gasteiger partial charge is 0.384 e. The van der Waals surface area contributed by atoms with Gasteiger partial charge in [-0.2, -0.15) is 0 Å². The zero-order valence-corrected chi connectivity index (χ0v) is 22.2. The smallest absolute Gasteiger partial charge is 0.275 e.